The van der Waals surface area contributed by atoms with Crippen LogP contribution in [0.3, 0.4) is 0 Å². The van der Waals surface area contributed by atoms with Crippen LogP contribution < -0.4 is 10.6 Å². The van der Waals surface area contributed by atoms with Gasteiger partial charge in [0.2, 0.25) is 0 Å². The van der Waals surface area contributed by atoms with Crippen LogP contribution in [0.5, 0.6) is 0 Å². The number of anilines is 1. The number of benzene rings is 1. The molecule has 4 nitrogen and oxygen atoms in total. The molecule has 1 aliphatic rings. The van der Waals surface area contributed by atoms with E-state index < -0.39 is 5.60 Å². The second-order valence-electron chi connectivity index (χ2n) is 5.35. The largest absolute Gasteiger partial charge is 0.388 e. The molecule has 0 atom stereocenters. The normalized spacial score (nSPS) is 18.0. The number of hydrogen-bond donors (Lipinski definition) is 2. The lowest BCUT2D eigenvalue weighted by Gasteiger charge is -2.37. The van der Waals surface area contributed by atoms with Gasteiger partial charge in [0.25, 0.3) is 0 Å². The maximum atomic E-state index is 10.6. The van der Waals surface area contributed by atoms with Gasteiger partial charge in [0.15, 0.2) is 0 Å². The predicted octanol–water partition coefficient (Wildman–Crippen LogP) is 1.84. The van der Waals surface area contributed by atoms with Gasteiger partial charge in [0.05, 0.1) is 5.60 Å². The molecule has 1 aromatic rings. The molecule has 1 heterocycles. The van der Waals surface area contributed by atoms with E-state index in [-0.39, 0.29) is 0 Å². The Morgan fingerprint density at radius 2 is 2.10 bits per heavy atom. The summed E-state index contributed by atoms with van der Waals surface area (Å²) in [6.45, 7) is 2.40. The lowest BCUT2D eigenvalue weighted by Crippen LogP contribution is -2.46. The smallest absolute Gasteiger partial charge is 0.0865 e. The summed E-state index contributed by atoms with van der Waals surface area (Å²) in [6, 6.07) is 6.21. The number of thioether (sulfide) groups is 1. The van der Waals surface area contributed by atoms with Crippen molar-refractivity contribution >= 4 is 17.4 Å². The van der Waals surface area contributed by atoms with E-state index >= 15 is 0 Å². The van der Waals surface area contributed by atoms with Crippen LogP contribution >= 0.6 is 11.8 Å². The number of aliphatic hydroxyl groups is 1. The minimum absolute atomic E-state index is 0.512. The van der Waals surface area contributed by atoms with Crippen LogP contribution in [0.4, 0.5) is 5.69 Å². The standard InChI is InChI=1S/C15H24N2O2S/c1-17(11-15(18)6-8-19-9-7-15)13-4-3-5-14(20-2)12(13)10-16/h3-5,18H,6-11,16H2,1-2H3. The second-order valence-corrected chi connectivity index (χ2v) is 6.20. The van der Waals surface area contributed by atoms with Crippen molar-refractivity contribution in [3.05, 3.63) is 23.8 Å². The molecule has 0 unspecified atom stereocenters. The maximum absolute atomic E-state index is 10.6. The Hall–Kier alpha value is -0.750. The highest BCUT2D eigenvalue weighted by atomic mass is 32.2. The summed E-state index contributed by atoms with van der Waals surface area (Å²) in [4.78, 5) is 3.32. The molecule has 1 aliphatic heterocycles. The van der Waals surface area contributed by atoms with Crippen molar-refractivity contribution in [3.63, 3.8) is 0 Å². The van der Waals surface area contributed by atoms with Crippen molar-refractivity contribution in [1.29, 1.82) is 0 Å². The van der Waals surface area contributed by atoms with Gasteiger partial charge in [-0.05, 0) is 18.4 Å². The van der Waals surface area contributed by atoms with E-state index in [2.05, 4.69) is 23.3 Å². The SMILES string of the molecule is CSc1cccc(N(C)CC2(O)CCOCC2)c1CN. The number of nitrogens with two attached hydrogens (primary N) is 1. The quantitative estimate of drug-likeness (QED) is 0.812. The highest BCUT2D eigenvalue weighted by molar-refractivity contribution is 7.98. The molecule has 0 amide bonds. The van der Waals surface area contributed by atoms with Gasteiger partial charge in [-0.25, -0.2) is 0 Å². The summed E-state index contributed by atoms with van der Waals surface area (Å²) in [6.07, 6.45) is 3.44. The van der Waals surface area contributed by atoms with E-state index in [1.165, 1.54) is 4.90 Å². The van der Waals surface area contributed by atoms with Crippen LogP contribution in [0.2, 0.25) is 0 Å². The fourth-order valence-corrected chi connectivity index (χ4v) is 3.39. The average molecular weight is 296 g/mol. The average Bonchev–Trinajstić information content (AvgIpc) is 2.46. The van der Waals surface area contributed by atoms with E-state index in [9.17, 15) is 5.11 Å². The van der Waals surface area contributed by atoms with Crippen molar-refractivity contribution in [1.82, 2.24) is 0 Å². The first-order chi connectivity index (χ1) is 9.59. The number of rotatable bonds is 5. The molecule has 1 saturated heterocycles. The van der Waals surface area contributed by atoms with Gasteiger partial charge in [-0.15, -0.1) is 11.8 Å². The highest BCUT2D eigenvalue weighted by Gasteiger charge is 2.31. The first-order valence-corrected chi connectivity index (χ1v) is 8.19. The number of nitrogens with zero attached hydrogens (tertiary/aromatic N) is 1. The van der Waals surface area contributed by atoms with Gasteiger partial charge in [-0.1, -0.05) is 6.07 Å². The topological polar surface area (TPSA) is 58.7 Å². The molecular formula is C15H24N2O2S. The number of hydrogen-bond acceptors (Lipinski definition) is 5. The Balaban J connectivity index is 2.18. The molecule has 3 N–H and O–H groups in total. The third-order valence-corrected chi connectivity index (χ3v) is 4.72. The number of ether oxygens (including phenoxy) is 1. The lowest BCUT2D eigenvalue weighted by atomic mass is 9.93. The maximum Gasteiger partial charge on any atom is 0.0865 e. The fraction of sp³-hybridized carbons (Fsp3) is 0.600. The Morgan fingerprint density at radius 1 is 1.40 bits per heavy atom. The molecule has 1 aromatic carbocycles. The monoisotopic (exact) mass is 296 g/mol. The minimum atomic E-state index is -0.659. The minimum Gasteiger partial charge on any atom is -0.388 e. The molecule has 5 heteroatoms. The van der Waals surface area contributed by atoms with Crippen LogP contribution in [0, 0.1) is 0 Å². The van der Waals surface area contributed by atoms with Crippen LogP contribution in [0.15, 0.2) is 23.1 Å². The molecule has 0 saturated carbocycles. The van der Waals surface area contributed by atoms with Gasteiger partial charge >= 0.3 is 0 Å². The van der Waals surface area contributed by atoms with Gasteiger partial charge in [-0.2, -0.15) is 0 Å². The molecule has 0 radical (unpaired) electrons. The summed E-state index contributed by atoms with van der Waals surface area (Å²) in [5.74, 6) is 0. The zero-order chi connectivity index (χ0) is 14.6. The van der Waals surface area contributed by atoms with Gasteiger partial charge in [-0.3, -0.25) is 0 Å². The van der Waals surface area contributed by atoms with Gasteiger partial charge in [0.1, 0.15) is 0 Å². The van der Waals surface area contributed by atoms with E-state index in [0.717, 1.165) is 11.3 Å². The molecule has 112 valence electrons. The summed E-state index contributed by atoms with van der Waals surface area (Å²) >= 11 is 1.71. The summed E-state index contributed by atoms with van der Waals surface area (Å²) < 4.78 is 5.33. The molecule has 0 aliphatic carbocycles. The van der Waals surface area contributed by atoms with E-state index in [0.29, 0.717) is 39.1 Å². The summed E-state index contributed by atoms with van der Waals surface area (Å²) in [5, 5.41) is 10.6. The third kappa shape index (κ3) is 3.47. The highest BCUT2D eigenvalue weighted by Crippen LogP contribution is 2.31. The molecular weight excluding hydrogens is 272 g/mol. The Bertz CT molecular complexity index is 447. The molecule has 0 spiro atoms. The lowest BCUT2D eigenvalue weighted by molar-refractivity contribution is -0.0572. The zero-order valence-electron chi connectivity index (χ0n) is 12.3. The second kappa shape index (κ2) is 6.80. The molecule has 1 fully saturated rings. The summed E-state index contributed by atoms with van der Waals surface area (Å²) in [5.41, 5.74) is 7.51. The van der Waals surface area contributed by atoms with Crippen molar-refractivity contribution in [3.8, 4) is 0 Å². The van der Waals surface area contributed by atoms with E-state index in [4.69, 9.17) is 10.5 Å². The fourth-order valence-electron chi connectivity index (χ4n) is 2.74. The van der Waals surface area contributed by atoms with Crippen molar-refractivity contribution < 1.29 is 9.84 Å². The Kier molecular flexibility index (Phi) is 5.32. The zero-order valence-corrected chi connectivity index (χ0v) is 13.1. The molecule has 20 heavy (non-hydrogen) atoms. The predicted molar refractivity (Wildman–Crippen MR) is 84.4 cm³/mol. The van der Waals surface area contributed by atoms with Crippen LogP contribution in [-0.4, -0.2) is 43.8 Å². The first-order valence-electron chi connectivity index (χ1n) is 6.97. The van der Waals surface area contributed by atoms with E-state index in [1.54, 1.807) is 11.8 Å². The van der Waals surface area contributed by atoms with Crippen LogP contribution in [0.1, 0.15) is 18.4 Å². The van der Waals surface area contributed by atoms with Crippen molar-refractivity contribution in [2.45, 2.75) is 29.9 Å². The Labute approximate surface area is 125 Å². The van der Waals surface area contributed by atoms with E-state index in [1.807, 2.05) is 13.1 Å². The number of likely N-dealkylation sites (N-methyl/N-ethyl adjacent to an activating group) is 1. The molecule has 2 rings (SSSR count). The van der Waals surface area contributed by atoms with Crippen molar-refractivity contribution in [2.75, 3.05) is 38.0 Å². The summed E-state index contributed by atoms with van der Waals surface area (Å²) in [7, 11) is 2.02. The van der Waals surface area contributed by atoms with Crippen molar-refractivity contribution in [2.24, 2.45) is 5.73 Å². The molecule has 0 bridgehead atoms. The van der Waals surface area contributed by atoms with Crippen LogP contribution in [0.25, 0.3) is 0 Å². The van der Waals surface area contributed by atoms with Gasteiger partial charge < -0.3 is 20.5 Å². The van der Waals surface area contributed by atoms with Crippen LogP contribution in [-0.2, 0) is 11.3 Å². The van der Waals surface area contributed by atoms with Gasteiger partial charge in [0, 0.05) is 62.3 Å². The molecule has 0 aromatic heterocycles. The Morgan fingerprint density at radius 3 is 2.70 bits per heavy atom. The first kappa shape index (κ1) is 15.6. The third-order valence-electron chi connectivity index (χ3n) is 3.90.